The van der Waals surface area contributed by atoms with E-state index in [4.69, 9.17) is 5.11 Å². The molecule has 0 aromatic carbocycles. The third-order valence-electron chi connectivity index (χ3n) is 2.53. The van der Waals surface area contributed by atoms with Gasteiger partial charge in [-0.15, -0.1) is 11.8 Å². The van der Waals surface area contributed by atoms with Gasteiger partial charge in [-0.2, -0.15) is 0 Å². The van der Waals surface area contributed by atoms with E-state index in [1.54, 1.807) is 4.90 Å². The molecule has 0 saturated heterocycles. The number of hydrogen-bond acceptors (Lipinski definition) is 4. The van der Waals surface area contributed by atoms with Crippen molar-refractivity contribution < 1.29 is 19.5 Å². The Labute approximate surface area is 124 Å². The fourth-order valence-electron chi connectivity index (χ4n) is 1.68. The Bertz CT molecular complexity index is 330. The van der Waals surface area contributed by atoms with Crippen molar-refractivity contribution in [2.24, 2.45) is 0 Å². The van der Waals surface area contributed by atoms with Crippen molar-refractivity contribution in [1.82, 2.24) is 10.2 Å². The molecular formula is C13H24N2O4S. The van der Waals surface area contributed by atoms with E-state index in [-0.39, 0.29) is 23.3 Å². The zero-order valence-electron chi connectivity index (χ0n) is 12.3. The summed E-state index contributed by atoms with van der Waals surface area (Å²) in [7, 11) is 0. The van der Waals surface area contributed by atoms with Crippen molar-refractivity contribution in [3.8, 4) is 0 Å². The quantitative estimate of drug-likeness (QED) is 0.628. The molecular weight excluding hydrogens is 280 g/mol. The molecule has 0 radical (unpaired) electrons. The Balaban J connectivity index is 4.20. The molecule has 0 aliphatic rings. The van der Waals surface area contributed by atoms with Crippen LogP contribution in [-0.4, -0.2) is 58.4 Å². The van der Waals surface area contributed by atoms with Crippen LogP contribution in [0.5, 0.6) is 0 Å². The highest BCUT2D eigenvalue weighted by Crippen LogP contribution is 2.07. The van der Waals surface area contributed by atoms with Gasteiger partial charge in [-0.05, 0) is 12.8 Å². The molecule has 0 heterocycles. The Morgan fingerprint density at radius 1 is 1.20 bits per heavy atom. The van der Waals surface area contributed by atoms with Crippen LogP contribution in [0.15, 0.2) is 0 Å². The van der Waals surface area contributed by atoms with Crippen LogP contribution in [0.1, 0.15) is 33.6 Å². The Morgan fingerprint density at radius 2 is 1.75 bits per heavy atom. The van der Waals surface area contributed by atoms with E-state index in [1.165, 1.54) is 18.7 Å². The van der Waals surface area contributed by atoms with Crippen LogP contribution in [0.3, 0.4) is 0 Å². The smallest absolute Gasteiger partial charge is 0.327 e. The largest absolute Gasteiger partial charge is 0.480 e. The van der Waals surface area contributed by atoms with Crippen LogP contribution in [0.25, 0.3) is 0 Å². The standard InChI is InChI=1S/C13H24N2O4S/c1-4-6-15(7-5-2)12(17)9-20-8-11(13(18)19)14-10(3)16/h11H,4-9H2,1-3H3,(H,14,16)(H,18,19). The average molecular weight is 304 g/mol. The normalized spacial score (nSPS) is 11.8. The summed E-state index contributed by atoms with van der Waals surface area (Å²) < 4.78 is 0. The highest BCUT2D eigenvalue weighted by Gasteiger charge is 2.19. The summed E-state index contributed by atoms with van der Waals surface area (Å²) >= 11 is 1.23. The molecule has 0 spiro atoms. The number of rotatable bonds is 10. The zero-order chi connectivity index (χ0) is 15.5. The molecule has 0 aromatic rings. The lowest BCUT2D eigenvalue weighted by Gasteiger charge is -2.21. The lowest BCUT2D eigenvalue weighted by molar-refractivity contribution is -0.140. The molecule has 116 valence electrons. The third-order valence-corrected chi connectivity index (χ3v) is 3.55. The number of amides is 2. The maximum atomic E-state index is 12.0. The molecule has 0 aromatic heterocycles. The minimum Gasteiger partial charge on any atom is -0.480 e. The van der Waals surface area contributed by atoms with E-state index >= 15 is 0 Å². The monoisotopic (exact) mass is 304 g/mol. The molecule has 0 rings (SSSR count). The first-order chi connectivity index (χ1) is 9.42. The van der Waals surface area contributed by atoms with Crippen molar-refractivity contribution in [3.05, 3.63) is 0 Å². The van der Waals surface area contributed by atoms with E-state index in [9.17, 15) is 14.4 Å². The molecule has 1 unspecified atom stereocenters. The zero-order valence-corrected chi connectivity index (χ0v) is 13.2. The van der Waals surface area contributed by atoms with Gasteiger partial charge < -0.3 is 15.3 Å². The molecule has 6 nitrogen and oxygen atoms in total. The number of carbonyl (C=O) groups excluding carboxylic acids is 2. The van der Waals surface area contributed by atoms with E-state index < -0.39 is 12.0 Å². The van der Waals surface area contributed by atoms with Gasteiger partial charge in [0.1, 0.15) is 6.04 Å². The van der Waals surface area contributed by atoms with Crippen LogP contribution in [0.2, 0.25) is 0 Å². The summed E-state index contributed by atoms with van der Waals surface area (Å²) in [5.41, 5.74) is 0. The second-order valence-corrected chi connectivity index (χ2v) is 5.52. The summed E-state index contributed by atoms with van der Waals surface area (Å²) in [6.07, 6.45) is 1.81. The first-order valence-electron chi connectivity index (χ1n) is 6.77. The van der Waals surface area contributed by atoms with Gasteiger partial charge in [0.2, 0.25) is 11.8 Å². The van der Waals surface area contributed by atoms with Crippen LogP contribution < -0.4 is 5.32 Å². The minimum absolute atomic E-state index is 0.0191. The SMILES string of the molecule is CCCN(CCC)C(=O)CSCC(NC(C)=O)C(=O)O. The second kappa shape index (κ2) is 10.5. The highest BCUT2D eigenvalue weighted by atomic mass is 32.2. The maximum absolute atomic E-state index is 12.0. The molecule has 0 aliphatic carbocycles. The average Bonchev–Trinajstić information content (AvgIpc) is 2.36. The van der Waals surface area contributed by atoms with E-state index in [0.717, 1.165) is 25.9 Å². The van der Waals surface area contributed by atoms with Crippen molar-refractivity contribution in [1.29, 1.82) is 0 Å². The second-order valence-electron chi connectivity index (χ2n) is 4.49. The molecule has 20 heavy (non-hydrogen) atoms. The summed E-state index contributed by atoms with van der Waals surface area (Å²) in [6, 6.07) is -0.948. The first kappa shape index (κ1) is 18.8. The van der Waals surface area contributed by atoms with E-state index in [1.807, 2.05) is 13.8 Å². The van der Waals surface area contributed by atoms with Gasteiger partial charge in [-0.1, -0.05) is 13.8 Å². The van der Waals surface area contributed by atoms with Gasteiger partial charge in [0, 0.05) is 25.8 Å². The van der Waals surface area contributed by atoms with Gasteiger partial charge in [0.15, 0.2) is 0 Å². The summed E-state index contributed by atoms with van der Waals surface area (Å²) in [5, 5.41) is 11.3. The molecule has 7 heteroatoms. The van der Waals surface area contributed by atoms with Crippen molar-refractivity contribution in [3.63, 3.8) is 0 Å². The molecule has 2 N–H and O–H groups in total. The third kappa shape index (κ3) is 8.04. The van der Waals surface area contributed by atoms with Gasteiger partial charge >= 0.3 is 5.97 Å². The van der Waals surface area contributed by atoms with Crippen molar-refractivity contribution in [2.45, 2.75) is 39.7 Å². The minimum atomic E-state index is -1.08. The Morgan fingerprint density at radius 3 is 2.15 bits per heavy atom. The molecule has 0 saturated carbocycles. The molecule has 2 amide bonds. The van der Waals surface area contributed by atoms with E-state index in [2.05, 4.69) is 5.32 Å². The number of nitrogens with one attached hydrogen (secondary N) is 1. The lowest BCUT2D eigenvalue weighted by Crippen LogP contribution is -2.42. The van der Waals surface area contributed by atoms with Crippen LogP contribution in [0, 0.1) is 0 Å². The van der Waals surface area contributed by atoms with Crippen molar-refractivity contribution >= 4 is 29.5 Å². The summed E-state index contributed by atoms with van der Waals surface area (Å²) in [5.74, 6) is -1.02. The fraction of sp³-hybridized carbons (Fsp3) is 0.769. The molecule has 0 bridgehead atoms. The van der Waals surface area contributed by atoms with Gasteiger partial charge in [-0.3, -0.25) is 9.59 Å². The fourth-order valence-corrected chi connectivity index (χ4v) is 2.61. The van der Waals surface area contributed by atoms with Gasteiger partial charge in [0.05, 0.1) is 5.75 Å². The van der Waals surface area contributed by atoms with E-state index in [0.29, 0.717) is 0 Å². The first-order valence-corrected chi connectivity index (χ1v) is 7.93. The predicted octanol–water partition coefficient (Wildman–Crippen LogP) is 0.957. The number of carbonyl (C=O) groups is 3. The van der Waals surface area contributed by atoms with Gasteiger partial charge in [-0.25, -0.2) is 4.79 Å². The molecule has 0 fully saturated rings. The Kier molecular flexibility index (Phi) is 9.88. The van der Waals surface area contributed by atoms with Crippen molar-refractivity contribution in [2.75, 3.05) is 24.6 Å². The van der Waals surface area contributed by atoms with Gasteiger partial charge in [0.25, 0.3) is 0 Å². The van der Waals surface area contributed by atoms with Crippen LogP contribution in [-0.2, 0) is 14.4 Å². The topological polar surface area (TPSA) is 86.7 Å². The number of carboxylic acid groups (broad SMARTS) is 1. The lowest BCUT2D eigenvalue weighted by atomic mass is 10.3. The summed E-state index contributed by atoms with van der Waals surface area (Å²) in [6.45, 7) is 6.75. The number of carboxylic acids is 1. The summed E-state index contributed by atoms with van der Waals surface area (Å²) in [4.78, 5) is 35.6. The number of hydrogen-bond donors (Lipinski definition) is 2. The number of aliphatic carboxylic acids is 1. The maximum Gasteiger partial charge on any atom is 0.327 e. The molecule has 1 atom stereocenters. The number of nitrogens with zero attached hydrogens (tertiary/aromatic N) is 1. The highest BCUT2D eigenvalue weighted by molar-refractivity contribution is 8.00. The molecule has 0 aliphatic heterocycles. The van der Waals surface area contributed by atoms with Crippen LogP contribution in [0.4, 0.5) is 0 Å². The number of thioether (sulfide) groups is 1. The van der Waals surface area contributed by atoms with Crippen LogP contribution >= 0.6 is 11.8 Å². The predicted molar refractivity (Wildman–Crippen MR) is 79.7 cm³/mol. The Hall–Kier alpha value is -1.24.